The summed E-state index contributed by atoms with van der Waals surface area (Å²) in [4.78, 5) is 35.6. The van der Waals surface area contributed by atoms with Crippen molar-refractivity contribution in [3.63, 3.8) is 0 Å². The lowest BCUT2D eigenvalue weighted by Crippen LogP contribution is -2.38. The predicted octanol–water partition coefficient (Wildman–Crippen LogP) is 3.18. The van der Waals surface area contributed by atoms with Crippen molar-refractivity contribution in [2.45, 2.75) is 50.5 Å². The lowest BCUT2D eigenvalue weighted by atomic mass is 9.92. The van der Waals surface area contributed by atoms with E-state index in [-0.39, 0.29) is 11.8 Å². The monoisotopic (exact) mass is 408 g/mol. The van der Waals surface area contributed by atoms with Crippen molar-refractivity contribution < 1.29 is 14.3 Å². The Morgan fingerprint density at radius 3 is 2.27 bits per heavy atom. The zero-order valence-corrected chi connectivity index (χ0v) is 17.3. The highest BCUT2D eigenvalue weighted by molar-refractivity contribution is 5.94. The Morgan fingerprint density at radius 2 is 1.67 bits per heavy atom. The van der Waals surface area contributed by atoms with Crippen molar-refractivity contribution in [1.82, 2.24) is 20.2 Å². The first kappa shape index (κ1) is 20.3. The molecule has 2 aromatic heterocycles. The first-order valence-electron chi connectivity index (χ1n) is 10.7. The molecule has 1 saturated heterocycles. The van der Waals surface area contributed by atoms with E-state index in [2.05, 4.69) is 15.3 Å². The largest absolute Gasteiger partial charge is 0.481 e. The third-order valence-electron chi connectivity index (χ3n) is 6.13. The van der Waals surface area contributed by atoms with Gasteiger partial charge in [-0.3, -0.25) is 14.6 Å². The topological polar surface area (TPSA) is 84.4 Å². The van der Waals surface area contributed by atoms with Crippen LogP contribution >= 0.6 is 0 Å². The molecule has 0 aromatic carbocycles. The van der Waals surface area contributed by atoms with Gasteiger partial charge in [0, 0.05) is 49.2 Å². The normalized spacial score (nSPS) is 17.7. The number of methoxy groups -OCH3 is 1. The van der Waals surface area contributed by atoms with Crippen molar-refractivity contribution in [3.8, 4) is 5.88 Å². The lowest BCUT2D eigenvalue weighted by molar-refractivity contribution is 0.0711. The molecule has 7 nitrogen and oxygen atoms in total. The highest BCUT2D eigenvalue weighted by Gasteiger charge is 2.26. The van der Waals surface area contributed by atoms with Gasteiger partial charge in [-0.2, -0.15) is 0 Å². The number of hydrogen-bond donors (Lipinski definition) is 1. The van der Waals surface area contributed by atoms with Crippen LogP contribution in [0.1, 0.15) is 70.9 Å². The van der Waals surface area contributed by atoms with Crippen molar-refractivity contribution in [2.75, 3.05) is 20.2 Å². The van der Waals surface area contributed by atoms with Crippen LogP contribution in [0.4, 0.5) is 0 Å². The maximum absolute atomic E-state index is 12.7. The Kier molecular flexibility index (Phi) is 6.26. The van der Waals surface area contributed by atoms with E-state index in [1.54, 1.807) is 31.6 Å². The molecule has 3 heterocycles. The molecular formula is C23H28N4O3. The summed E-state index contributed by atoms with van der Waals surface area (Å²) in [5.41, 5.74) is 2.18. The summed E-state index contributed by atoms with van der Waals surface area (Å²) in [5, 5.41) is 3.10. The van der Waals surface area contributed by atoms with Crippen LogP contribution in [-0.4, -0.2) is 52.9 Å². The average molecular weight is 409 g/mol. The van der Waals surface area contributed by atoms with Gasteiger partial charge in [-0.1, -0.05) is 12.8 Å². The summed E-state index contributed by atoms with van der Waals surface area (Å²) in [5.74, 6) is 0.761. The Bertz CT molecular complexity index is 868. The van der Waals surface area contributed by atoms with E-state index in [0.717, 1.165) is 31.4 Å². The van der Waals surface area contributed by atoms with E-state index in [1.807, 2.05) is 17.0 Å². The number of aromatic nitrogens is 2. The van der Waals surface area contributed by atoms with Crippen LogP contribution in [0.3, 0.4) is 0 Å². The third kappa shape index (κ3) is 4.61. The summed E-state index contributed by atoms with van der Waals surface area (Å²) < 4.78 is 5.05. The molecule has 2 aromatic rings. The molecule has 0 radical (unpaired) electrons. The number of ether oxygens (including phenoxy) is 1. The Balaban J connectivity index is 1.31. The third-order valence-corrected chi connectivity index (χ3v) is 6.13. The van der Waals surface area contributed by atoms with E-state index in [1.165, 1.54) is 12.8 Å². The molecule has 4 rings (SSSR count). The summed E-state index contributed by atoms with van der Waals surface area (Å²) >= 11 is 0. The van der Waals surface area contributed by atoms with Gasteiger partial charge in [0.25, 0.3) is 11.8 Å². The summed E-state index contributed by atoms with van der Waals surface area (Å²) in [6.07, 6.45) is 9.48. The fourth-order valence-corrected chi connectivity index (χ4v) is 4.31. The van der Waals surface area contributed by atoms with Crippen LogP contribution in [0.15, 0.2) is 36.7 Å². The van der Waals surface area contributed by atoms with Gasteiger partial charge < -0.3 is 15.0 Å². The molecule has 0 spiro atoms. The highest BCUT2D eigenvalue weighted by atomic mass is 16.5. The van der Waals surface area contributed by atoms with E-state index in [9.17, 15) is 9.59 Å². The second-order valence-electron chi connectivity index (χ2n) is 8.08. The van der Waals surface area contributed by atoms with Crippen molar-refractivity contribution in [1.29, 1.82) is 0 Å². The minimum absolute atomic E-state index is 0.00417. The molecule has 0 unspecified atom stereocenters. The molecule has 30 heavy (non-hydrogen) atoms. The quantitative estimate of drug-likeness (QED) is 0.821. The number of hydrogen-bond acceptors (Lipinski definition) is 5. The van der Waals surface area contributed by atoms with Gasteiger partial charge in [-0.05, 0) is 43.9 Å². The second-order valence-corrected chi connectivity index (χ2v) is 8.08. The molecule has 7 heteroatoms. The minimum Gasteiger partial charge on any atom is -0.481 e. The lowest BCUT2D eigenvalue weighted by Gasteiger charge is -2.31. The van der Waals surface area contributed by atoms with Crippen LogP contribution in [0, 0.1) is 0 Å². The molecule has 2 fully saturated rings. The first-order chi connectivity index (χ1) is 14.6. The van der Waals surface area contributed by atoms with Gasteiger partial charge in [0.05, 0.1) is 18.2 Å². The Labute approximate surface area is 176 Å². The summed E-state index contributed by atoms with van der Waals surface area (Å²) in [6, 6.07) is 7.58. The standard InChI is InChI=1S/C23H28N4O3/c1-30-21-9-7-18(15-25-21)23(29)27-12-10-16(11-13-27)20-8-6-17(14-24-20)22(28)26-19-4-2-3-5-19/h6-9,14-16,19H,2-5,10-13H2,1H3,(H,26,28). The molecular weight excluding hydrogens is 380 g/mol. The van der Waals surface area contributed by atoms with Gasteiger partial charge in [-0.25, -0.2) is 4.98 Å². The molecule has 2 amide bonds. The SMILES string of the molecule is COc1ccc(C(=O)N2CCC(c3ccc(C(=O)NC4CCCC4)cn3)CC2)cn1. The van der Waals surface area contributed by atoms with Crippen LogP contribution in [0.2, 0.25) is 0 Å². The maximum Gasteiger partial charge on any atom is 0.255 e. The molecule has 1 aliphatic carbocycles. The van der Waals surface area contributed by atoms with E-state index >= 15 is 0 Å². The van der Waals surface area contributed by atoms with Crippen LogP contribution in [-0.2, 0) is 0 Å². The first-order valence-corrected chi connectivity index (χ1v) is 10.7. The molecule has 2 aliphatic rings. The van der Waals surface area contributed by atoms with Gasteiger partial charge >= 0.3 is 0 Å². The van der Waals surface area contributed by atoms with E-state index < -0.39 is 0 Å². The molecule has 1 N–H and O–H groups in total. The van der Waals surface area contributed by atoms with E-state index in [4.69, 9.17) is 4.74 Å². The molecule has 158 valence electrons. The van der Waals surface area contributed by atoms with Crippen molar-refractivity contribution in [3.05, 3.63) is 53.5 Å². The Morgan fingerprint density at radius 1 is 0.967 bits per heavy atom. The molecule has 0 bridgehead atoms. The van der Waals surface area contributed by atoms with Crippen LogP contribution in [0.5, 0.6) is 5.88 Å². The molecule has 1 saturated carbocycles. The van der Waals surface area contributed by atoms with Gasteiger partial charge in [0.2, 0.25) is 5.88 Å². The Hall–Kier alpha value is -2.96. The van der Waals surface area contributed by atoms with Gasteiger partial charge in [-0.15, -0.1) is 0 Å². The minimum atomic E-state index is -0.0329. The fourth-order valence-electron chi connectivity index (χ4n) is 4.31. The van der Waals surface area contributed by atoms with E-state index in [0.29, 0.717) is 42.1 Å². The van der Waals surface area contributed by atoms with Crippen molar-refractivity contribution >= 4 is 11.8 Å². The number of carbonyl (C=O) groups is 2. The predicted molar refractivity (Wildman–Crippen MR) is 113 cm³/mol. The van der Waals surface area contributed by atoms with Crippen LogP contribution < -0.4 is 10.1 Å². The number of pyridine rings is 2. The van der Waals surface area contributed by atoms with Gasteiger partial charge in [0.1, 0.15) is 0 Å². The number of carbonyl (C=O) groups excluding carboxylic acids is 2. The maximum atomic E-state index is 12.7. The molecule has 1 aliphatic heterocycles. The van der Waals surface area contributed by atoms with Gasteiger partial charge in [0.15, 0.2) is 0 Å². The number of amides is 2. The summed E-state index contributed by atoms with van der Waals surface area (Å²) in [6.45, 7) is 1.36. The highest BCUT2D eigenvalue weighted by Crippen LogP contribution is 2.27. The van der Waals surface area contributed by atoms with Crippen LogP contribution in [0.25, 0.3) is 0 Å². The zero-order valence-electron chi connectivity index (χ0n) is 17.3. The number of nitrogens with one attached hydrogen (secondary N) is 1. The average Bonchev–Trinajstić information content (AvgIpc) is 3.32. The second kappa shape index (κ2) is 9.24. The number of rotatable bonds is 5. The summed E-state index contributed by atoms with van der Waals surface area (Å²) in [7, 11) is 1.55. The smallest absolute Gasteiger partial charge is 0.255 e. The number of likely N-dealkylation sites (tertiary alicyclic amines) is 1. The zero-order chi connectivity index (χ0) is 20.9. The fraction of sp³-hybridized carbons (Fsp3) is 0.478. The van der Waals surface area contributed by atoms with Crippen molar-refractivity contribution in [2.24, 2.45) is 0 Å². The number of nitrogens with zero attached hydrogens (tertiary/aromatic N) is 3. The number of piperidine rings is 1. The molecule has 0 atom stereocenters.